The summed E-state index contributed by atoms with van der Waals surface area (Å²) in [7, 11) is 1.74. The van der Waals surface area contributed by atoms with Gasteiger partial charge in [-0.3, -0.25) is 0 Å². The fourth-order valence-electron chi connectivity index (χ4n) is 2.41. The number of aromatic nitrogens is 3. The lowest BCUT2D eigenvalue weighted by Crippen LogP contribution is -2.22. The highest BCUT2D eigenvalue weighted by Gasteiger charge is 2.10. The van der Waals surface area contributed by atoms with Crippen molar-refractivity contribution in [3.05, 3.63) is 48.7 Å². The van der Waals surface area contributed by atoms with Crippen LogP contribution in [-0.4, -0.2) is 34.4 Å². The molecule has 0 aliphatic heterocycles. The summed E-state index contributed by atoms with van der Waals surface area (Å²) in [4.78, 5) is 4.66. The Morgan fingerprint density at radius 3 is 2.77 bits per heavy atom. The van der Waals surface area contributed by atoms with Crippen molar-refractivity contribution in [2.75, 3.05) is 19.0 Å². The number of benzene rings is 1. The van der Waals surface area contributed by atoms with Crippen molar-refractivity contribution in [1.29, 1.82) is 0 Å². The van der Waals surface area contributed by atoms with E-state index in [9.17, 15) is 0 Å². The maximum atomic E-state index is 5.42. The average molecular weight is 296 g/mol. The van der Waals surface area contributed by atoms with Gasteiger partial charge in [-0.25, -0.2) is 4.98 Å². The summed E-state index contributed by atoms with van der Waals surface area (Å²) < 4.78 is 7.24. The van der Waals surface area contributed by atoms with Gasteiger partial charge in [0.2, 0.25) is 0 Å². The Kier molecular flexibility index (Phi) is 4.34. The number of anilines is 1. The maximum absolute atomic E-state index is 5.42. The van der Waals surface area contributed by atoms with Crippen molar-refractivity contribution in [2.24, 2.45) is 0 Å². The molecule has 5 heteroatoms. The van der Waals surface area contributed by atoms with Crippen LogP contribution in [-0.2, 0) is 4.74 Å². The molecular formula is C17H20N4O. The zero-order valence-electron chi connectivity index (χ0n) is 12.9. The van der Waals surface area contributed by atoms with Crippen molar-refractivity contribution in [3.63, 3.8) is 0 Å². The van der Waals surface area contributed by atoms with E-state index in [1.54, 1.807) is 13.3 Å². The van der Waals surface area contributed by atoms with Gasteiger partial charge in [0, 0.05) is 31.4 Å². The van der Waals surface area contributed by atoms with Crippen LogP contribution in [0.1, 0.15) is 13.3 Å². The molecule has 0 radical (unpaired) electrons. The third-order valence-corrected chi connectivity index (χ3v) is 3.73. The van der Waals surface area contributed by atoms with Crippen molar-refractivity contribution >= 4 is 11.5 Å². The van der Waals surface area contributed by atoms with Gasteiger partial charge in [0.25, 0.3) is 0 Å². The van der Waals surface area contributed by atoms with E-state index in [-0.39, 0.29) is 6.10 Å². The minimum atomic E-state index is 0.180. The monoisotopic (exact) mass is 296 g/mol. The van der Waals surface area contributed by atoms with Gasteiger partial charge in [0.15, 0.2) is 5.65 Å². The molecule has 0 aliphatic rings. The van der Waals surface area contributed by atoms with Crippen molar-refractivity contribution in [1.82, 2.24) is 14.6 Å². The summed E-state index contributed by atoms with van der Waals surface area (Å²) in [5.41, 5.74) is 2.85. The molecule has 0 amide bonds. The van der Waals surface area contributed by atoms with E-state index < -0.39 is 0 Å². The van der Waals surface area contributed by atoms with E-state index in [4.69, 9.17) is 4.74 Å². The Hall–Kier alpha value is -2.40. The number of hydrogen-bond donors (Lipinski definition) is 1. The molecule has 3 aromatic rings. The molecule has 1 atom stereocenters. The zero-order chi connectivity index (χ0) is 15.4. The molecule has 1 aromatic carbocycles. The van der Waals surface area contributed by atoms with Crippen molar-refractivity contribution < 1.29 is 4.74 Å². The van der Waals surface area contributed by atoms with Gasteiger partial charge in [-0.05, 0) is 6.42 Å². The first-order valence-electron chi connectivity index (χ1n) is 7.48. The summed E-state index contributed by atoms with van der Waals surface area (Å²) in [6, 6.07) is 14.1. The molecule has 0 spiro atoms. The van der Waals surface area contributed by atoms with Crippen LogP contribution >= 0.6 is 0 Å². The first-order chi connectivity index (χ1) is 10.8. The smallest absolute Gasteiger partial charge is 0.157 e. The van der Waals surface area contributed by atoms with Gasteiger partial charge in [-0.15, -0.1) is 0 Å². The summed E-state index contributed by atoms with van der Waals surface area (Å²) >= 11 is 0. The quantitative estimate of drug-likeness (QED) is 0.758. The highest BCUT2D eigenvalue weighted by molar-refractivity contribution is 5.66. The number of nitrogens with one attached hydrogen (secondary N) is 1. The molecule has 0 aliphatic carbocycles. The van der Waals surface area contributed by atoms with Crippen LogP contribution in [0.2, 0.25) is 0 Å². The average Bonchev–Trinajstić information content (AvgIpc) is 3.05. The van der Waals surface area contributed by atoms with E-state index >= 15 is 0 Å². The molecule has 1 N–H and O–H groups in total. The summed E-state index contributed by atoms with van der Waals surface area (Å²) in [5.74, 6) is 0.921. The zero-order valence-corrected chi connectivity index (χ0v) is 12.9. The van der Waals surface area contributed by atoms with Crippen LogP contribution in [0.5, 0.6) is 0 Å². The number of methoxy groups -OCH3 is 1. The van der Waals surface area contributed by atoms with Gasteiger partial charge < -0.3 is 10.1 Å². The van der Waals surface area contributed by atoms with Gasteiger partial charge >= 0.3 is 0 Å². The van der Waals surface area contributed by atoms with Crippen LogP contribution in [0.4, 0.5) is 5.82 Å². The number of ether oxygens (including phenoxy) is 1. The van der Waals surface area contributed by atoms with Gasteiger partial charge in [0.1, 0.15) is 5.82 Å². The van der Waals surface area contributed by atoms with Crippen LogP contribution in [0.15, 0.2) is 48.7 Å². The second-order valence-electron chi connectivity index (χ2n) is 5.14. The van der Waals surface area contributed by atoms with Gasteiger partial charge in [-0.2, -0.15) is 9.61 Å². The molecule has 2 heterocycles. The van der Waals surface area contributed by atoms with Gasteiger partial charge in [-0.1, -0.05) is 37.3 Å². The lowest BCUT2D eigenvalue weighted by molar-refractivity contribution is 0.110. The Balaban J connectivity index is 1.96. The van der Waals surface area contributed by atoms with E-state index in [2.05, 4.69) is 34.5 Å². The molecule has 2 aromatic heterocycles. The summed E-state index contributed by atoms with van der Waals surface area (Å²) in [6.07, 6.45) is 2.90. The normalized spacial score (nSPS) is 12.5. The lowest BCUT2D eigenvalue weighted by Gasteiger charge is -2.16. The Morgan fingerprint density at radius 1 is 1.23 bits per heavy atom. The third kappa shape index (κ3) is 2.94. The molecule has 0 bridgehead atoms. The molecule has 114 valence electrons. The Labute approximate surface area is 130 Å². The molecule has 22 heavy (non-hydrogen) atoms. The topological polar surface area (TPSA) is 51.5 Å². The molecule has 0 saturated carbocycles. The van der Waals surface area contributed by atoms with Crippen LogP contribution in [0.25, 0.3) is 16.9 Å². The number of rotatable bonds is 6. The first kappa shape index (κ1) is 14.5. The number of fused-ring (bicyclic) bond motifs is 1. The van der Waals surface area contributed by atoms with E-state index in [1.165, 1.54) is 0 Å². The summed E-state index contributed by atoms with van der Waals surface area (Å²) in [6.45, 7) is 2.85. The summed E-state index contributed by atoms with van der Waals surface area (Å²) in [5, 5.41) is 7.76. The highest BCUT2D eigenvalue weighted by Crippen LogP contribution is 2.22. The number of hydrogen-bond acceptors (Lipinski definition) is 4. The fraction of sp³-hybridized carbons (Fsp3) is 0.294. The first-order valence-corrected chi connectivity index (χ1v) is 7.48. The molecule has 5 nitrogen and oxygen atoms in total. The minimum Gasteiger partial charge on any atom is -0.380 e. The standard InChI is InChI=1S/C17H20N4O/c1-3-14(22-2)12-18-17-11-15(13-7-5-4-6-8-13)20-16-9-10-19-21(16)17/h4-11,14,18H,3,12H2,1-2H3. The van der Waals surface area contributed by atoms with Crippen LogP contribution < -0.4 is 5.32 Å². The van der Waals surface area contributed by atoms with E-state index in [0.29, 0.717) is 0 Å². The number of nitrogens with zero attached hydrogens (tertiary/aromatic N) is 3. The van der Waals surface area contributed by atoms with E-state index in [0.717, 1.165) is 35.7 Å². The SMILES string of the molecule is CCC(CNc1cc(-c2ccccc2)nc2ccnn12)OC. The fourth-order valence-corrected chi connectivity index (χ4v) is 2.41. The Morgan fingerprint density at radius 2 is 2.05 bits per heavy atom. The largest absolute Gasteiger partial charge is 0.380 e. The Bertz CT molecular complexity index is 735. The molecular weight excluding hydrogens is 276 g/mol. The lowest BCUT2D eigenvalue weighted by atomic mass is 10.1. The second kappa shape index (κ2) is 6.58. The van der Waals surface area contributed by atoms with E-state index in [1.807, 2.05) is 34.8 Å². The van der Waals surface area contributed by atoms with Gasteiger partial charge in [0.05, 0.1) is 18.0 Å². The minimum absolute atomic E-state index is 0.180. The molecule has 0 fully saturated rings. The predicted molar refractivity (Wildman–Crippen MR) is 88.0 cm³/mol. The maximum Gasteiger partial charge on any atom is 0.157 e. The second-order valence-corrected chi connectivity index (χ2v) is 5.14. The van der Waals surface area contributed by atoms with Crippen molar-refractivity contribution in [3.8, 4) is 11.3 Å². The molecule has 3 rings (SSSR count). The highest BCUT2D eigenvalue weighted by atomic mass is 16.5. The molecule has 0 saturated heterocycles. The molecule has 1 unspecified atom stereocenters. The third-order valence-electron chi connectivity index (χ3n) is 3.73. The van der Waals surface area contributed by atoms with Crippen LogP contribution in [0.3, 0.4) is 0 Å². The predicted octanol–water partition coefficient (Wildman–Crippen LogP) is 3.23. The van der Waals surface area contributed by atoms with Crippen molar-refractivity contribution in [2.45, 2.75) is 19.4 Å². The van der Waals surface area contributed by atoms with Crippen LogP contribution in [0, 0.1) is 0 Å².